The molecule has 0 spiro atoms. The molecule has 0 aliphatic carbocycles. The fourth-order valence-electron chi connectivity index (χ4n) is 1.91. The molecular weight excluding hydrogens is 258 g/mol. The minimum Gasteiger partial charge on any atom is -0.396 e. The highest BCUT2D eigenvalue weighted by atomic mass is 35.5. The topological polar surface area (TPSA) is 50.9 Å². The van der Waals surface area contributed by atoms with Crippen LogP contribution in [0.2, 0.25) is 5.02 Å². The van der Waals surface area contributed by atoms with Gasteiger partial charge in [0.1, 0.15) is 5.82 Å². The normalized spacial score (nSPS) is 12.1. The number of hydrogen-bond donors (Lipinski definition) is 2. The summed E-state index contributed by atoms with van der Waals surface area (Å²) in [6.45, 7) is 2.12. The third kappa shape index (κ3) is 4.14. The van der Waals surface area contributed by atoms with Gasteiger partial charge in [-0.3, -0.25) is 0 Å². The van der Waals surface area contributed by atoms with Crippen LogP contribution in [-0.2, 0) is 6.42 Å². The van der Waals surface area contributed by atoms with Crippen molar-refractivity contribution in [1.29, 1.82) is 0 Å². The van der Waals surface area contributed by atoms with Crippen LogP contribution in [0.1, 0.15) is 18.9 Å². The van der Waals surface area contributed by atoms with Gasteiger partial charge < -0.3 is 11.1 Å². The van der Waals surface area contributed by atoms with Crippen LogP contribution in [0.4, 0.5) is 11.5 Å². The first-order chi connectivity index (χ1) is 9.15. The van der Waals surface area contributed by atoms with Crippen molar-refractivity contribution in [2.75, 3.05) is 11.1 Å². The van der Waals surface area contributed by atoms with Crippen LogP contribution in [0, 0.1) is 0 Å². The van der Waals surface area contributed by atoms with Gasteiger partial charge >= 0.3 is 0 Å². The molecule has 0 aliphatic rings. The molecule has 1 aromatic heterocycles. The Hall–Kier alpha value is -1.74. The molecule has 0 aliphatic heterocycles. The van der Waals surface area contributed by atoms with Gasteiger partial charge in [-0.1, -0.05) is 41.9 Å². The highest BCUT2D eigenvalue weighted by molar-refractivity contribution is 6.30. The summed E-state index contributed by atoms with van der Waals surface area (Å²) in [5, 5.41) is 3.87. The van der Waals surface area contributed by atoms with Crippen LogP contribution >= 0.6 is 11.6 Å². The van der Waals surface area contributed by atoms with Gasteiger partial charge in [-0.25, -0.2) is 4.98 Å². The summed E-state index contributed by atoms with van der Waals surface area (Å²) in [6, 6.07) is 12.4. The van der Waals surface area contributed by atoms with Gasteiger partial charge in [0.15, 0.2) is 0 Å². The predicted octanol–water partition coefficient (Wildman–Crippen LogP) is 3.75. The molecule has 0 fully saturated rings. The van der Waals surface area contributed by atoms with Crippen molar-refractivity contribution in [1.82, 2.24) is 4.98 Å². The first kappa shape index (κ1) is 13.7. The third-order valence-corrected chi connectivity index (χ3v) is 3.18. The molecule has 100 valence electrons. The molecule has 0 saturated heterocycles. The second-order valence-electron chi connectivity index (χ2n) is 4.66. The van der Waals surface area contributed by atoms with E-state index in [2.05, 4.69) is 41.5 Å². The molecule has 1 aromatic carbocycles. The van der Waals surface area contributed by atoms with Crippen molar-refractivity contribution in [3.05, 3.63) is 53.2 Å². The maximum absolute atomic E-state index is 5.87. The largest absolute Gasteiger partial charge is 0.396 e. The highest BCUT2D eigenvalue weighted by Gasteiger charge is 2.06. The van der Waals surface area contributed by atoms with E-state index in [-0.39, 0.29) is 0 Å². The standard InChI is InChI=1S/C15H18ClN3/c1-11(7-8-12-5-3-2-4-6-12)19-15-14(17)9-13(16)10-18-15/h2-6,9-11H,7-8,17H2,1H3,(H,18,19). The number of nitrogens with two attached hydrogens (primary N) is 1. The summed E-state index contributed by atoms with van der Waals surface area (Å²) in [5.41, 5.74) is 7.79. The molecule has 2 rings (SSSR count). The molecule has 3 N–H and O–H groups in total. The second-order valence-corrected chi connectivity index (χ2v) is 5.10. The maximum Gasteiger partial charge on any atom is 0.149 e. The number of halogens is 1. The lowest BCUT2D eigenvalue weighted by Crippen LogP contribution is -2.17. The van der Waals surface area contributed by atoms with E-state index in [1.807, 2.05) is 6.07 Å². The lowest BCUT2D eigenvalue weighted by molar-refractivity contribution is 0.703. The SMILES string of the molecule is CC(CCc1ccccc1)Nc1ncc(Cl)cc1N. The Morgan fingerprint density at radius 1 is 1.32 bits per heavy atom. The van der Waals surface area contributed by atoms with E-state index in [4.69, 9.17) is 17.3 Å². The molecule has 2 aromatic rings. The Labute approximate surface area is 118 Å². The lowest BCUT2D eigenvalue weighted by atomic mass is 10.1. The Morgan fingerprint density at radius 3 is 2.74 bits per heavy atom. The molecule has 0 saturated carbocycles. The van der Waals surface area contributed by atoms with E-state index in [1.165, 1.54) is 5.56 Å². The van der Waals surface area contributed by atoms with Crippen LogP contribution in [-0.4, -0.2) is 11.0 Å². The Balaban J connectivity index is 1.89. The van der Waals surface area contributed by atoms with Gasteiger partial charge in [0.2, 0.25) is 0 Å². The zero-order chi connectivity index (χ0) is 13.7. The van der Waals surface area contributed by atoms with Crippen LogP contribution in [0.3, 0.4) is 0 Å². The van der Waals surface area contributed by atoms with E-state index in [1.54, 1.807) is 12.3 Å². The minimum absolute atomic E-state index is 0.302. The number of rotatable bonds is 5. The molecule has 3 nitrogen and oxygen atoms in total. The molecule has 0 amide bonds. The Kier molecular flexibility index (Phi) is 4.63. The number of nitrogen functional groups attached to an aromatic ring is 1. The number of pyridine rings is 1. The fourth-order valence-corrected chi connectivity index (χ4v) is 2.08. The van der Waals surface area contributed by atoms with Crippen LogP contribution in [0.15, 0.2) is 42.6 Å². The zero-order valence-electron chi connectivity index (χ0n) is 10.9. The quantitative estimate of drug-likeness (QED) is 0.874. The first-order valence-corrected chi connectivity index (χ1v) is 6.74. The number of nitrogens with zero attached hydrogens (tertiary/aromatic N) is 1. The summed E-state index contributed by atoms with van der Waals surface area (Å²) in [4.78, 5) is 4.20. The summed E-state index contributed by atoms with van der Waals surface area (Å²) in [7, 11) is 0. The lowest BCUT2D eigenvalue weighted by Gasteiger charge is -2.16. The van der Waals surface area contributed by atoms with Crippen molar-refractivity contribution < 1.29 is 0 Å². The average molecular weight is 276 g/mol. The van der Waals surface area contributed by atoms with Crippen LogP contribution < -0.4 is 11.1 Å². The molecule has 0 radical (unpaired) electrons. The summed E-state index contributed by atoms with van der Waals surface area (Å²) >= 11 is 5.82. The third-order valence-electron chi connectivity index (χ3n) is 2.98. The summed E-state index contributed by atoms with van der Waals surface area (Å²) in [5.74, 6) is 0.699. The number of hydrogen-bond acceptors (Lipinski definition) is 3. The smallest absolute Gasteiger partial charge is 0.149 e. The zero-order valence-corrected chi connectivity index (χ0v) is 11.7. The number of nitrogens with one attached hydrogen (secondary N) is 1. The Morgan fingerprint density at radius 2 is 2.05 bits per heavy atom. The van der Waals surface area contributed by atoms with Crippen LogP contribution in [0.25, 0.3) is 0 Å². The van der Waals surface area contributed by atoms with E-state index in [9.17, 15) is 0 Å². The first-order valence-electron chi connectivity index (χ1n) is 6.36. The van der Waals surface area contributed by atoms with Crippen molar-refractivity contribution >= 4 is 23.1 Å². The van der Waals surface area contributed by atoms with Crippen molar-refractivity contribution in [2.45, 2.75) is 25.8 Å². The molecule has 4 heteroatoms. The number of aromatic nitrogens is 1. The fraction of sp³-hybridized carbons (Fsp3) is 0.267. The molecule has 1 heterocycles. The van der Waals surface area contributed by atoms with Crippen LogP contribution in [0.5, 0.6) is 0 Å². The molecule has 1 atom stereocenters. The maximum atomic E-state index is 5.87. The van der Waals surface area contributed by atoms with Crippen molar-refractivity contribution in [2.24, 2.45) is 0 Å². The number of aryl methyl sites for hydroxylation is 1. The van der Waals surface area contributed by atoms with Gasteiger partial charge in [0.25, 0.3) is 0 Å². The van der Waals surface area contributed by atoms with Crippen molar-refractivity contribution in [3.8, 4) is 0 Å². The summed E-state index contributed by atoms with van der Waals surface area (Å²) < 4.78 is 0. The van der Waals surface area contributed by atoms with Gasteiger partial charge in [0.05, 0.1) is 10.7 Å². The Bertz CT molecular complexity index is 528. The molecular formula is C15H18ClN3. The minimum atomic E-state index is 0.302. The van der Waals surface area contributed by atoms with E-state index in [0.29, 0.717) is 22.6 Å². The van der Waals surface area contributed by atoms with Gasteiger partial charge in [0, 0.05) is 12.2 Å². The number of anilines is 2. The van der Waals surface area contributed by atoms with E-state index >= 15 is 0 Å². The monoisotopic (exact) mass is 275 g/mol. The average Bonchev–Trinajstić information content (AvgIpc) is 2.41. The number of benzene rings is 1. The van der Waals surface area contributed by atoms with Gasteiger partial charge in [-0.15, -0.1) is 0 Å². The van der Waals surface area contributed by atoms with Gasteiger partial charge in [-0.05, 0) is 31.4 Å². The van der Waals surface area contributed by atoms with E-state index < -0.39 is 0 Å². The highest BCUT2D eigenvalue weighted by Crippen LogP contribution is 2.20. The molecule has 0 bridgehead atoms. The van der Waals surface area contributed by atoms with Gasteiger partial charge in [-0.2, -0.15) is 0 Å². The summed E-state index contributed by atoms with van der Waals surface area (Å²) in [6.07, 6.45) is 3.65. The van der Waals surface area contributed by atoms with Crippen molar-refractivity contribution in [3.63, 3.8) is 0 Å². The van der Waals surface area contributed by atoms with E-state index in [0.717, 1.165) is 12.8 Å². The molecule has 1 unspecified atom stereocenters. The molecule has 19 heavy (non-hydrogen) atoms. The predicted molar refractivity (Wildman–Crippen MR) is 81.5 cm³/mol. The second kappa shape index (κ2) is 6.43.